The van der Waals surface area contributed by atoms with Crippen molar-refractivity contribution in [2.45, 2.75) is 50.7 Å². The number of carbonyl (C=O) groups excluding carboxylic acids is 1. The van der Waals surface area contributed by atoms with Crippen molar-refractivity contribution in [2.75, 3.05) is 6.54 Å². The van der Waals surface area contributed by atoms with E-state index >= 15 is 0 Å². The Morgan fingerprint density at radius 3 is 2.55 bits per heavy atom. The Morgan fingerprint density at radius 1 is 1.20 bits per heavy atom. The van der Waals surface area contributed by atoms with Gasteiger partial charge in [0.2, 0.25) is 5.91 Å². The molecule has 1 atom stereocenters. The van der Waals surface area contributed by atoms with Crippen molar-refractivity contribution in [3.05, 3.63) is 35.6 Å². The third-order valence-corrected chi connectivity index (χ3v) is 4.15. The van der Waals surface area contributed by atoms with Gasteiger partial charge in [-0.3, -0.25) is 4.79 Å². The number of rotatable bonds is 4. The SMILES string of the molecule is O=C(C1CCCCN1)N(Cc1ccc(F)cc1)C1CC1. The molecule has 3 nitrogen and oxygen atoms in total. The van der Waals surface area contributed by atoms with Crippen molar-refractivity contribution in [1.82, 2.24) is 10.2 Å². The van der Waals surface area contributed by atoms with Crippen LogP contribution in [-0.2, 0) is 11.3 Å². The number of halogens is 1. The highest BCUT2D eigenvalue weighted by Gasteiger charge is 2.36. The molecule has 1 aromatic rings. The molecule has 108 valence electrons. The molecular formula is C16H21FN2O. The number of piperidine rings is 1. The fraction of sp³-hybridized carbons (Fsp3) is 0.562. The molecule has 0 aromatic heterocycles. The van der Waals surface area contributed by atoms with Crippen LogP contribution in [0, 0.1) is 5.82 Å². The van der Waals surface area contributed by atoms with Crippen LogP contribution < -0.4 is 5.32 Å². The summed E-state index contributed by atoms with van der Waals surface area (Å²) >= 11 is 0. The number of benzene rings is 1. The van der Waals surface area contributed by atoms with Crippen molar-refractivity contribution in [1.29, 1.82) is 0 Å². The van der Waals surface area contributed by atoms with Gasteiger partial charge in [0.25, 0.3) is 0 Å². The molecule has 1 N–H and O–H groups in total. The molecule has 3 rings (SSSR count). The highest BCUT2D eigenvalue weighted by Crippen LogP contribution is 2.29. The molecule has 1 saturated heterocycles. The predicted molar refractivity (Wildman–Crippen MR) is 75.6 cm³/mol. The van der Waals surface area contributed by atoms with E-state index in [9.17, 15) is 9.18 Å². The Bertz CT molecular complexity index is 464. The molecule has 0 bridgehead atoms. The Hall–Kier alpha value is -1.42. The lowest BCUT2D eigenvalue weighted by Crippen LogP contribution is -2.49. The van der Waals surface area contributed by atoms with Crippen LogP contribution in [0.4, 0.5) is 4.39 Å². The quantitative estimate of drug-likeness (QED) is 0.916. The van der Waals surface area contributed by atoms with Crippen molar-refractivity contribution >= 4 is 5.91 Å². The predicted octanol–water partition coefficient (Wildman–Crippen LogP) is 2.46. The van der Waals surface area contributed by atoms with Crippen LogP contribution in [0.25, 0.3) is 0 Å². The first-order valence-electron chi connectivity index (χ1n) is 7.52. The minimum Gasteiger partial charge on any atom is -0.334 e. The maximum absolute atomic E-state index is 13.0. The van der Waals surface area contributed by atoms with E-state index in [2.05, 4.69) is 5.32 Å². The van der Waals surface area contributed by atoms with Crippen LogP contribution in [0.5, 0.6) is 0 Å². The smallest absolute Gasteiger partial charge is 0.240 e. The lowest BCUT2D eigenvalue weighted by Gasteiger charge is -2.30. The monoisotopic (exact) mass is 276 g/mol. The van der Waals surface area contributed by atoms with Crippen LogP contribution in [0.15, 0.2) is 24.3 Å². The standard InChI is InChI=1S/C16H21FN2O/c17-13-6-4-12(5-7-13)11-19(14-8-9-14)16(20)15-3-1-2-10-18-15/h4-7,14-15,18H,1-3,8-11H2. The third kappa shape index (κ3) is 3.18. The summed E-state index contributed by atoms with van der Waals surface area (Å²) in [5, 5.41) is 3.33. The topological polar surface area (TPSA) is 32.3 Å². The molecule has 1 aromatic carbocycles. The average Bonchev–Trinajstić information content (AvgIpc) is 3.31. The summed E-state index contributed by atoms with van der Waals surface area (Å²) in [5.74, 6) is -0.0106. The molecule has 1 aliphatic heterocycles. The normalized spacial score (nSPS) is 22.6. The van der Waals surface area contributed by atoms with Gasteiger partial charge in [-0.2, -0.15) is 0 Å². The molecule has 1 aliphatic carbocycles. The summed E-state index contributed by atoms with van der Waals surface area (Å²) in [4.78, 5) is 14.6. The van der Waals surface area contributed by atoms with Gasteiger partial charge in [-0.05, 0) is 49.9 Å². The van der Waals surface area contributed by atoms with Gasteiger partial charge in [0.1, 0.15) is 5.82 Å². The molecule has 1 saturated carbocycles. The summed E-state index contributed by atoms with van der Waals surface area (Å²) in [6, 6.07) is 6.83. The second-order valence-electron chi connectivity index (χ2n) is 5.83. The van der Waals surface area contributed by atoms with Gasteiger partial charge in [0, 0.05) is 12.6 Å². The lowest BCUT2D eigenvalue weighted by atomic mass is 10.0. The summed E-state index contributed by atoms with van der Waals surface area (Å²) in [7, 11) is 0. The molecule has 2 aliphatic rings. The zero-order valence-corrected chi connectivity index (χ0v) is 11.6. The van der Waals surface area contributed by atoms with E-state index < -0.39 is 0 Å². The molecule has 0 spiro atoms. The zero-order valence-electron chi connectivity index (χ0n) is 11.6. The maximum Gasteiger partial charge on any atom is 0.240 e. The third-order valence-electron chi connectivity index (χ3n) is 4.15. The van der Waals surface area contributed by atoms with Gasteiger partial charge in [0.05, 0.1) is 6.04 Å². The zero-order chi connectivity index (χ0) is 13.9. The Morgan fingerprint density at radius 2 is 1.95 bits per heavy atom. The van der Waals surface area contributed by atoms with E-state index in [0.717, 1.165) is 44.2 Å². The van der Waals surface area contributed by atoms with Gasteiger partial charge in [-0.15, -0.1) is 0 Å². The summed E-state index contributed by atoms with van der Waals surface area (Å²) in [6.45, 7) is 1.54. The number of hydrogen-bond acceptors (Lipinski definition) is 2. The fourth-order valence-electron chi connectivity index (χ4n) is 2.82. The first-order chi connectivity index (χ1) is 9.74. The largest absolute Gasteiger partial charge is 0.334 e. The summed E-state index contributed by atoms with van der Waals surface area (Å²) < 4.78 is 13.0. The highest BCUT2D eigenvalue weighted by molar-refractivity contribution is 5.82. The van der Waals surface area contributed by atoms with Gasteiger partial charge in [-0.25, -0.2) is 4.39 Å². The van der Waals surface area contributed by atoms with E-state index in [0.29, 0.717) is 12.6 Å². The van der Waals surface area contributed by atoms with Crippen LogP contribution in [0.1, 0.15) is 37.7 Å². The molecule has 0 radical (unpaired) electrons. The van der Waals surface area contributed by atoms with Crippen molar-refractivity contribution in [3.63, 3.8) is 0 Å². The van der Waals surface area contributed by atoms with Crippen molar-refractivity contribution in [3.8, 4) is 0 Å². The number of amides is 1. The van der Waals surface area contributed by atoms with Crippen LogP contribution in [0.2, 0.25) is 0 Å². The Balaban J connectivity index is 1.68. The van der Waals surface area contributed by atoms with Gasteiger partial charge < -0.3 is 10.2 Å². The van der Waals surface area contributed by atoms with E-state index in [1.165, 1.54) is 12.1 Å². The molecule has 1 heterocycles. The first kappa shape index (κ1) is 13.6. The number of hydrogen-bond donors (Lipinski definition) is 1. The lowest BCUT2D eigenvalue weighted by molar-refractivity contribution is -0.135. The van der Waals surface area contributed by atoms with Crippen LogP contribution in [-0.4, -0.2) is 29.4 Å². The number of nitrogens with one attached hydrogen (secondary N) is 1. The van der Waals surface area contributed by atoms with Crippen LogP contribution in [0.3, 0.4) is 0 Å². The second-order valence-corrected chi connectivity index (χ2v) is 5.83. The molecule has 1 amide bonds. The van der Waals surface area contributed by atoms with Crippen molar-refractivity contribution in [2.24, 2.45) is 0 Å². The highest BCUT2D eigenvalue weighted by atomic mass is 19.1. The number of nitrogens with zero attached hydrogens (tertiary/aromatic N) is 1. The van der Waals surface area contributed by atoms with Crippen molar-refractivity contribution < 1.29 is 9.18 Å². The molecule has 20 heavy (non-hydrogen) atoms. The number of carbonyl (C=O) groups is 1. The van der Waals surface area contributed by atoms with E-state index in [1.54, 1.807) is 12.1 Å². The molecule has 4 heteroatoms. The van der Waals surface area contributed by atoms with Crippen LogP contribution >= 0.6 is 0 Å². The minimum absolute atomic E-state index is 0.0233. The van der Waals surface area contributed by atoms with Gasteiger partial charge >= 0.3 is 0 Å². The molecular weight excluding hydrogens is 255 g/mol. The van der Waals surface area contributed by atoms with Gasteiger partial charge in [0.15, 0.2) is 0 Å². The maximum atomic E-state index is 13.0. The molecule has 1 unspecified atom stereocenters. The first-order valence-corrected chi connectivity index (χ1v) is 7.52. The summed E-state index contributed by atoms with van der Waals surface area (Å²) in [6.07, 6.45) is 5.41. The van der Waals surface area contributed by atoms with E-state index in [4.69, 9.17) is 0 Å². The van der Waals surface area contributed by atoms with E-state index in [-0.39, 0.29) is 17.8 Å². The fourth-order valence-corrected chi connectivity index (χ4v) is 2.82. The summed E-state index contributed by atoms with van der Waals surface area (Å²) in [5.41, 5.74) is 1.00. The average molecular weight is 276 g/mol. The minimum atomic E-state index is -0.230. The Kier molecular flexibility index (Phi) is 4.01. The second kappa shape index (κ2) is 5.92. The molecule has 2 fully saturated rings. The Labute approximate surface area is 119 Å². The van der Waals surface area contributed by atoms with Gasteiger partial charge in [-0.1, -0.05) is 18.6 Å². The van der Waals surface area contributed by atoms with E-state index in [1.807, 2.05) is 4.90 Å².